The van der Waals surface area contributed by atoms with Crippen LogP contribution in [0.1, 0.15) is 39.0 Å². The SMILES string of the molecule is CCN1CC2(CO)CCC(O)C34C5CC6C(OC)CC(O)(C5C6O)C(O)(CC23)C14. The number of hydrogen-bond acceptors (Lipinski definition) is 7. The van der Waals surface area contributed by atoms with E-state index in [2.05, 4.69) is 11.8 Å². The molecule has 0 aromatic carbocycles. The number of rotatable bonds is 3. The summed E-state index contributed by atoms with van der Waals surface area (Å²) in [5, 5.41) is 57.9. The van der Waals surface area contributed by atoms with Crippen molar-refractivity contribution in [3.8, 4) is 0 Å². The van der Waals surface area contributed by atoms with Crippen LogP contribution in [0.3, 0.4) is 0 Å². The van der Waals surface area contributed by atoms with Crippen molar-refractivity contribution in [2.75, 3.05) is 26.8 Å². The minimum absolute atomic E-state index is 0.0356. The third-order valence-corrected chi connectivity index (χ3v) is 10.9. The number of likely N-dealkylation sites (N-methyl/N-ethyl adjacent to an activating group) is 1. The standard InChI is InChI=1S/C22H35NO6/c1-3-23-9-19(10-24)5-4-15(25)22-12-6-11-13(29-2)7-20(27,16(12)17(11)26)21(28,18(22)23)8-14(19)22/h11-18,24-28H,3-10H2,1-2H3. The summed E-state index contributed by atoms with van der Waals surface area (Å²) < 4.78 is 5.70. The van der Waals surface area contributed by atoms with Gasteiger partial charge in [-0.15, -0.1) is 0 Å². The zero-order valence-electron chi connectivity index (χ0n) is 17.4. The quantitative estimate of drug-likeness (QED) is 0.420. The van der Waals surface area contributed by atoms with Gasteiger partial charge in [-0.1, -0.05) is 6.92 Å². The first kappa shape index (κ1) is 19.4. The molecule has 5 N–H and O–H groups in total. The van der Waals surface area contributed by atoms with Gasteiger partial charge in [0.2, 0.25) is 0 Å². The Hall–Kier alpha value is -0.280. The summed E-state index contributed by atoms with van der Waals surface area (Å²) in [5.74, 6) is -0.665. The number of ether oxygens (including phenoxy) is 1. The molecule has 0 radical (unpaired) electrons. The molecule has 6 fully saturated rings. The van der Waals surface area contributed by atoms with E-state index in [1.165, 1.54) is 0 Å². The van der Waals surface area contributed by atoms with Gasteiger partial charge in [-0.05, 0) is 44.1 Å². The molecule has 1 aliphatic heterocycles. The monoisotopic (exact) mass is 409 g/mol. The smallest absolute Gasteiger partial charge is 0.110 e. The molecule has 7 nitrogen and oxygen atoms in total. The van der Waals surface area contributed by atoms with Gasteiger partial charge in [0, 0.05) is 48.8 Å². The Balaban J connectivity index is 1.63. The van der Waals surface area contributed by atoms with E-state index >= 15 is 0 Å². The van der Waals surface area contributed by atoms with E-state index in [9.17, 15) is 25.5 Å². The predicted molar refractivity (Wildman–Crippen MR) is 103 cm³/mol. The molecule has 164 valence electrons. The number of hydrogen-bond donors (Lipinski definition) is 5. The molecule has 1 heterocycles. The lowest BCUT2D eigenvalue weighted by atomic mass is 9.43. The second-order valence-corrected chi connectivity index (χ2v) is 11.1. The average molecular weight is 410 g/mol. The van der Waals surface area contributed by atoms with E-state index in [4.69, 9.17) is 4.74 Å². The normalized spacial score (nSPS) is 65.1. The molecule has 6 aliphatic rings. The summed E-state index contributed by atoms with van der Waals surface area (Å²) in [7, 11) is 1.62. The minimum Gasteiger partial charge on any atom is -0.396 e. The number of aliphatic hydroxyl groups excluding tert-OH is 3. The van der Waals surface area contributed by atoms with Crippen molar-refractivity contribution in [3.63, 3.8) is 0 Å². The van der Waals surface area contributed by atoms with Gasteiger partial charge in [0.05, 0.1) is 24.9 Å². The highest BCUT2D eigenvalue weighted by molar-refractivity contribution is 5.38. The van der Waals surface area contributed by atoms with E-state index in [1.54, 1.807) is 7.11 Å². The summed E-state index contributed by atoms with van der Waals surface area (Å²) in [5.41, 5.74) is -3.84. The summed E-state index contributed by atoms with van der Waals surface area (Å²) in [6.45, 7) is 3.48. The summed E-state index contributed by atoms with van der Waals surface area (Å²) in [6, 6.07) is -0.354. The molecular weight excluding hydrogens is 374 g/mol. The van der Waals surface area contributed by atoms with Gasteiger partial charge in [-0.25, -0.2) is 0 Å². The van der Waals surface area contributed by atoms with Crippen molar-refractivity contribution >= 4 is 0 Å². The number of nitrogens with zero attached hydrogens (tertiary/aromatic N) is 1. The fraction of sp³-hybridized carbons (Fsp3) is 1.00. The van der Waals surface area contributed by atoms with Gasteiger partial charge in [-0.3, -0.25) is 4.90 Å². The molecule has 0 amide bonds. The van der Waals surface area contributed by atoms with Gasteiger partial charge >= 0.3 is 0 Å². The number of likely N-dealkylation sites (tertiary alicyclic amines) is 1. The Morgan fingerprint density at radius 2 is 1.90 bits per heavy atom. The lowest BCUT2D eigenvalue weighted by molar-refractivity contribution is -0.312. The zero-order valence-corrected chi connectivity index (χ0v) is 17.4. The van der Waals surface area contributed by atoms with Crippen LogP contribution in [0, 0.1) is 34.5 Å². The Morgan fingerprint density at radius 3 is 2.55 bits per heavy atom. The molecule has 1 saturated heterocycles. The van der Waals surface area contributed by atoms with Crippen molar-refractivity contribution < 1.29 is 30.3 Å². The van der Waals surface area contributed by atoms with Gasteiger partial charge in [0.1, 0.15) is 11.2 Å². The van der Waals surface area contributed by atoms with Crippen LogP contribution in [0.15, 0.2) is 0 Å². The largest absolute Gasteiger partial charge is 0.396 e. The molecule has 0 aromatic heterocycles. The van der Waals surface area contributed by atoms with E-state index in [0.29, 0.717) is 38.8 Å². The summed E-state index contributed by atoms with van der Waals surface area (Å²) >= 11 is 0. The number of fused-ring (bicyclic) bond motifs is 2. The molecule has 12 unspecified atom stereocenters. The first-order valence-electron chi connectivity index (χ1n) is 11.4. The number of methoxy groups -OCH3 is 1. The maximum Gasteiger partial charge on any atom is 0.110 e. The second kappa shape index (κ2) is 5.55. The van der Waals surface area contributed by atoms with Crippen molar-refractivity contribution in [3.05, 3.63) is 0 Å². The molecule has 5 aliphatic carbocycles. The first-order chi connectivity index (χ1) is 13.7. The van der Waals surface area contributed by atoms with Crippen LogP contribution in [-0.2, 0) is 4.74 Å². The van der Waals surface area contributed by atoms with Crippen molar-refractivity contribution in [2.24, 2.45) is 34.5 Å². The van der Waals surface area contributed by atoms with Crippen LogP contribution in [0.25, 0.3) is 0 Å². The topological polar surface area (TPSA) is 114 Å². The van der Waals surface area contributed by atoms with Gasteiger partial charge < -0.3 is 30.3 Å². The molecule has 5 saturated carbocycles. The van der Waals surface area contributed by atoms with E-state index in [0.717, 1.165) is 6.42 Å². The molecule has 0 aromatic rings. The van der Waals surface area contributed by atoms with Crippen molar-refractivity contribution in [2.45, 2.75) is 74.6 Å². The highest BCUT2D eigenvalue weighted by Gasteiger charge is 2.88. The lowest BCUT2D eigenvalue weighted by Crippen LogP contribution is -2.81. The Morgan fingerprint density at radius 1 is 1.14 bits per heavy atom. The third kappa shape index (κ3) is 1.74. The van der Waals surface area contributed by atoms with Crippen molar-refractivity contribution in [1.29, 1.82) is 0 Å². The molecular formula is C22H35NO6. The van der Waals surface area contributed by atoms with Crippen LogP contribution in [0.4, 0.5) is 0 Å². The molecule has 7 heteroatoms. The Bertz CT molecular complexity index is 736. The van der Waals surface area contributed by atoms with Gasteiger partial charge in [0.15, 0.2) is 0 Å². The summed E-state index contributed by atoms with van der Waals surface area (Å²) in [4.78, 5) is 2.23. The maximum atomic E-state index is 12.3. The molecule has 6 rings (SSSR count). The lowest BCUT2D eigenvalue weighted by Gasteiger charge is -2.70. The van der Waals surface area contributed by atoms with E-state index < -0.39 is 34.7 Å². The van der Waals surface area contributed by atoms with Gasteiger partial charge in [0.25, 0.3) is 0 Å². The third-order valence-electron chi connectivity index (χ3n) is 10.9. The fourth-order valence-corrected chi connectivity index (χ4v) is 10.1. The molecule has 1 spiro atoms. The molecule has 12 atom stereocenters. The highest BCUT2D eigenvalue weighted by atomic mass is 16.5. The van der Waals surface area contributed by atoms with Gasteiger partial charge in [-0.2, -0.15) is 0 Å². The van der Waals surface area contributed by atoms with Crippen LogP contribution in [0.2, 0.25) is 0 Å². The Labute approximate surface area is 171 Å². The van der Waals surface area contributed by atoms with Crippen LogP contribution >= 0.6 is 0 Å². The zero-order chi connectivity index (χ0) is 20.6. The maximum absolute atomic E-state index is 12.3. The molecule has 29 heavy (non-hydrogen) atoms. The van der Waals surface area contributed by atoms with Crippen LogP contribution in [-0.4, -0.2) is 92.8 Å². The Kier molecular flexibility index (Phi) is 3.71. The van der Waals surface area contributed by atoms with E-state index in [-0.39, 0.29) is 41.9 Å². The van der Waals surface area contributed by atoms with E-state index in [1.807, 2.05) is 0 Å². The summed E-state index contributed by atoms with van der Waals surface area (Å²) in [6.07, 6.45) is 1.11. The predicted octanol–water partition coefficient (Wildman–Crippen LogP) is -0.662. The van der Waals surface area contributed by atoms with Crippen LogP contribution < -0.4 is 0 Å². The fourth-order valence-electron chi connectivity index (χ4n) is 10.1. The highest BCUT2D eigenvalue weighted by Crippen LogP contribution is 2.79. The number of piperidine rings is 1. The molecule has 7 bridgehead atoms. The second-order valence-electron chi connectivity index (χ2n) is 11.1. The van der Waals surface area contributed by atoms with Crippen molar-refractivity contribution in [1.82, 2.24) is 4.90 Å². The van der Waals surface area contributed by atoms with Crippen LogP contribution in [0.5, 0.6) is 0 Å². The minimum atomic E-state index is -1.45. The number of aliphatic hydroxyl groups is 5. The first-order valence-corrected chi connectivity index (χ1v) is 11.4. The average Bonchev–Trinajstić information content (AvgIpc) is 3.08.